The van der Waals surface area contributed by atoms with Gasteiger partial charge in [0.2, 0.25) is 0 Å². The van der Waals surface area contributed by atoms with Gasteiger partial charge in [-0.2, -0.15) is 13.2 Å². The topological polar surface area (TPSA) is 43.1 Å². The van der Waals surface area contributed by atoms with Crippen molar-refractivity contribution >= 4 is 17.4 Å². The van der Waals surface area contributed by atoms with Crippen LogP contribution in [0.1, 0.15) is 26.3 Å². The number of nitro groups is 1. The van der Waals surface area contributed by atoms with Crippen LogP contribution in [0.5, 0.6) is 0 Å². The summed E-state index contributed by atoms with van der Waals surface area (Å²) in [6.45, 7) is 5.56. The Balaban J connectivity index is 3.27. The predicted octanol–water partition coefficient (Wildman–Crippen LogP) is 4.50. The number of hydrogen-bond acceptors (Lipinski definition) is 3. The Morgan fingerprint density at radius 3 is 2.17 bits per heavy atom. The molecular weight excluding hydrogens is 267 g/mol. The number of benzene rings is 1. The lowest BCUT2D eigenvalue weighted by molar-refractivity contribution is -0.388. The van der Waals surface area contributed by atoms with Crippen LogP contribution in [-0.2, 0) is 6.18 Å². The second-order valence-electron chi connectivity index (χ2n) is 4.65. The zero-order valence-corrected chi connectivity index (χ0v) is 10.9. The third kappa shape index (κ3) is 3.90. The molecule has 3 nitrogen and oxygen atoms in total. The maximum absolute atomic E-state index is 12.7. The van der Waals surface area contributed by atoms with E-state index in [1.165, 1.54) is 17.8 Å². The molecule has 0 aliphatic heterocycles. The summed E-state index contributed by atoms with van der Waals surface area (Å²) in [4.78, 5) is 9.91. The smallest absolute Gasteiger partial charge is 0.258 e. The molecular formula is C11H12F3NO2S. The lowest BCUT2D eigenvalue weighted by atomic mass is 10.2. The summed E-state index contributed by atoms with van der Waals surface area (Å²) in [6.07, 6.45) is -4.73. The number of rotatable bonds is 2. The van der Waals surface area contributed by atoms with E-state index >= 15 is 0 Å². The van der Waals surface area contributed by atoms with Crippen molar-refractivity contribution in [3.8, 4) is 0 Å². The van der Waals surface area contributed by atoms with Crippen LogP contribution in [0.25, 0.3) is 0 Å². The van der Waals surface area contributed by atoms with Gasteiger partial charge in [-0.05, 0) is 12.1 Å². The highest BCUT2D eigenvalue weighted by Gasteiger charge is 2.38. The first-order valence-electron chi connectivity index (χ1n) is 5.05. The van der Waals surface area contributed by atoms with Crippen LogP contribution in [0, 0.1) is 10.1 Å². The fourth-order valence-electron chi connectivity index (χ4n) is 1.32. The van der Waals surface area contributed by atoms with Crippen molar-refractivity contribution in [2.75, 3.05) is 0 Å². The quantitative estimate of drug-likeness (QED) is 0.454. The average Bonchev–Trinajstić information content (AvgIpc) is 2.13. The molecule has 0 amide bonds. The Morgan fingerprint density at radius 2 is 1.78 bits per heavy atom. The van der Waals surface area contributed by atoms with Gasteiger partial charge in [0.25, 0.3) is 5.69 Å². The van der Waals surface area contributed by atoms with Crippen LogP contribution < -0.4 is 0 Å². The third-order valence-corrected chi connectivity index (χ3v) is 3.00. The second kappa shape index (κ2) is 4.79. The summed E-state index contributed by atoms with van der Waals surface area (Å²) in [5, 5.41) is 10.6. The lowest BCUT2D eigenvalue weighted by Crippen LogP contribution is -2.10. The van der Waals surface area contributed by atoms with E-state index in [2.05, 4.69) is 0 Å². The fourth-order valence-corrected chi connectivity index (χ4v) is 2.34. The van der Waals surface area contributed by atoms with Crippen LogP contribution in [0.2, 0.25) is 0 Å². The molecule has 0 spiro atoms. The molecule has 0 saturated heterocycles. The van der Waals surface area contributed by atoms with Crippen molar-refractivity contribution in [3.63, 3.8) is 0 Å². The maximum atomic E-state index is 12.7. The summed E-state index contributed by atoms with van der Waals surface area (Å²) >= 11 is 1.23. The first kappa shape index (κ1) is 14.8. The highest BCUT2D eigenvalue weighted by atomic mass is 32.2. The van der Waals surface area contributed by atoms with Crippen molar-refractivity contribution in [2.24, 2.45) is 0 Å². The summed E-state index contributed by atoms with van der Waals surface area (Å²) in [7, 11) is 0. The molecule has 0 bridgehead atoms. The van der Waals surface area contributed by atoms with Gasteiger partial charge in [0.15, 0.2) is 0 Å². The average molecular weight is 279 g/mol. The molecule has 0 fully saturated rings. The van der Waals surface area contributed by atoms with Crippen molar-refractivity contribution in [1.29, 1.82) is 0 Å². The Kier molecular flexibility index (Phi) is 3.95. The van der Waals surface area contributed by atoms with Crippen LogP contribution in [0.15, 0.2) is 23.1 Å². The summed E-state index contributed by atoms with van der Waals surface area (Å²) in [5.41, 5.74) is -2.12. The number of nitro benzene ring substituents is 1. The van der Waals surface area contributed by atoms with E-state index in [1.807, 2.05) is 20.8 Å². The first-order chi connectivity index (χ1) is 8.00. The Hall–Kier alpha value is -1.24. The SMILES string of the molecule is CC(C)(C)Sc1ccc([N+](=O)[O-])c(C(F)(F)F)c1. The Labute approximate surface area is 107 Å². The number of thioether (sulfide) groups is 1. The summed E-state index contributed by atoms with van der Waals surface area (Å²) in [5.74, 6) is 0. The van der Waals surface area contributed by atoms with Crippen molar-refractivity contribution in [1.82, 2.24) is 0 Å². The van der Waals surface area contributed by atoms with Crippen LogP contribution in [0.4, 0.5) is 18.9 Å². The monoisotopic (exact) mass is 279 g/mol. The van der Waals surface area contributed by atoms with E-state index in [0.717, 1.165) is 12.1 Å². The molecule has 0 heterocycles. The lowest BCUT2D eigenvalue weighted by Gasteiger charge is -2.18. The molecule has 7 heteroatoms. The molecule has 100 valence electrons. The van der Waals surface area contributed by atoms with Gasteiger partial charge < -0.3 is 0 Å². The zero-order chi connectivity index (χ0) is 14.1. The molecule has 0 N–H and O–H groups in total. The third-order valence-electron chi connectivity index (χ3n) is 1.89. The van der Waals surface area contributed by atoms with Crippen molar-refractivity contribution < 1.29 is 18.1 Å². The van der Waals surface area contributed by atoms with Crippen LogP contribution in [0.3, 0.4) is 0 Å². The normalized spacial score (nSPS) is 12.6. The van der Waals surface area contributed by atoms with Gasteiger partial charge in [-0.25, -0.2) is 0 Å². The first-order valence-corrected chi connectivity index (χ1v) is 5.87. The number of hydrogen-bond donors (Lipinski definition) is 0. The Bertz CT molecular complexity index is 466. The minimum atomic E-state index is -4.73. The fraction of sp³-hybridized carbons (Fsp3) is 0.455. The van der Waals surface area contributed by atoms with Crippen molar-refractivity contribution in [3.05, 3.63) is 33.9 Å². The van der Waals surface area contributed by atoms with E-state index < -0.39 is 22.4 Å². The minimum Gasteiger partial charge on any atom is -0.258 e. The van der Waals surface area contributed by atoms with Gasteiger partial charge in [0.05, 0.1) is 4.92 Å². The highest BCUT2D eigenvalue weighted by molar-refractivity contribution is 8.00. The summed E-state index contributed by atoms with van der Waals surface area (Å²) < 4.78 is 37.9. The van der Waals surface area contributed by atoms with Crippen LogP contribution >= 0.6 is 11.8 Å². The van der Waals surface area contributed by atoms with Gasteiger partial charge in [-0.15, -0.1) is 11.8 Å². The molecule has 1 rings (SSSR count). The number of alkyl halides is 3. The highest BCUT2D eigenvalue weighted by Crippen LogP contribution is 2.40. The molecule has 0 aliphatic rings. The Morgan fingerprint density at radius 1 is 1.22 bits per heavy atom. The van der Waals surface area contributed by atoms with E-state index in [-0.39, 0.29) is 4.75 Å². The molecule has 0 saturated carbocycles. The van der Waals surface area contributed by atoms with Gasteiger partial charge >= 0.3 is 6.18 Å². The molecule has 0 aromatic heterocycles. The second-order valence-corrected chi connectivity index (χ2v) is 6.55. The minimum absolute atomic E-state index is 0.265. The zero-order valence-electron chi connectivity index (χ0n) is 10.0. The molecule has 1 aromatic carbocycles. The van der Waals surface area contributed by atoms with Gasteiger partial charge in [0.1, 0.15) is 5.56 Å². The molecule has 0 aliphatic carbocycles. The van der Waals surface area contributed by atoms with E-state index in [4.69, 9.17) is 0 Å². The van der Waals surface area contributed by atoms with Crippen LogP contribution in [-0.4, -0.2) is 9.67 Å². The van der Waals surface area contributed by atoms with E-state index in [1.54, 1.807) is 0 Å². The largest absolute Gasteiger partial charge is 0.423 e. The molecule has 18 heavy (non-hydrogen) atoms. The predicted molar refractivity (Wildman–Crippen MR) is 63.7 cm³/mol. The number of halogens is 3. The number of nitrogens with zero attached hydrogens (tertiary/aromatic N) is 1. The molecule has 0 radical (unpaired) electrons. The van der Waals surface area contributed by atoms with Crippen molar-refractivity contribution in [2.45, 2.75) is 36.6 Å². The van der Waals surface area contributed by atoms with Gasteiger partial charge in [-0.1, -0.05) is 20.8 Å². The summed E-state index contributed by atoms with van der Waals surface area (Å²) in [6, 6.07) is 3.06. The molecule has 0 unspecified atom stereocenters. The molecule has 1 aromatic rings. The maximum Gasteiger partial charge on any atom is 0.423 e. The van der Waals surface area contributed by atoms with E-state index in [0.29, 0.717) is 4.90 Å². The molecule has 0 atom stereocenters. The van der Waals surface area contributed by atoms with E-state index in [9.17, 15) is 23.3 Å². The standard InChI is InChI=1S/C11H12F3NO2S/c1-10(2,3)18-7-4-5-9(15(16)17)8(6-7)11(12,13)14/h4-6H,1-3H3. The van der Waals surface area contributed by atoms with Gasteiger partial charge in [-0.3, -0.25) is 10.1 Å². The van der Waals surface area contributed by atoms with Gasteiger partial charge in [0, 0.05) is 15.7 Å².